The van der Waals surface area contributed by atoms with E-state index < -0.39 is 21.9 Å². The summed E-state index contributed by atoms with van der Waals surface area (Å²) in [5, 5.41) is 6.00. The molecule has 1 atom stereocenters. The summed E-state index contributed by atoms with van der Waals surface area (Å²) in [5.41, 5.74) is 0. The van der Waals surface area contributed by atoms with E-state index in [-0.39, 0.29) is 9.92 Å². The number of nitrogens with zero attached hydrogens (tertiary/aromatic N) is 2. The average Bonchev–Trinajstić information content (AvgIpc) is 2.80. The first-order valence-electron chi connectivity index (χ1n) is 5.23. The van der Waals surface area contributed by atoms with E-state index in [4.69, 9.17) is 11.6 Å². The zero-order valence-corrected chi connectivity index (χ0v) is 11.3. The van der Waals surface area contributed by atoms with Crippen molar-refractivity contribution in [2.75, 3.05) is 0 Å². The zero-order valence-electron chi connectivity index (χ0n) is 9.76. The SMILES string of the molecule is CC(NS(=O)(=O)c1ccc(F)cc1Cl)c1ncn[nH]1. The van der Waals surface area contributed by atoms with Crippen LogP contribution in [0.5, 0.6) is 0 Å². The van der Waals surface area contributed by atoms with Crippen LogP contribution in [0.25, 0.3) is 0 Å². The highest BCUT2D eigenvalue weighted by atomic mass is 35.5. The number of halogens is 2. The number of aromatic amines is 1. The maximum absolute atomic E-state index is 12.9. The number of sulfonamides is 1. The van der Waals surface area contributed by atoms with Crippen molar-refractivity contribution in [1.29, 1.82) is 0 Å². The molecular weight excluding hydrogens is 295 g/mol. The van der Waals surface area contributed by atoms with Gasteiger partial charge in [0.25, 0.3) is 0 Å². The fraction of sp³-hybridized carbons (Fsp3) is 0.200. The molecule has 2 N–H and O–H groups in total. The van der Waals surface area contributed by atoms with Crippen molar-refractivity contribution >= 4 is 21.6 Å². The van der Waals surface area contributed by atoms with Gasteiger partial charge in [-0.25, -0.2) is 22.5 Å². The van der Waals surface area contributed by atoms with Crippen molar-refractivity contribution in [2.24, 2.45) is 0 Å². The first-order chi connectivity index (χ1) is 8.90. The van der Waals surface area contributed by atoms with E-state index in [1.807, 2.05) is 0 Å². The van der Waals surface area contributed by atoms with E-state index in [1.54, 1.807) is 6.92 Å². The largest absolute Gasteiger partial charge is 0.262 e. The third kappa shape index (κ3) is 3.09. The van der Waals surface area contributed by atoms with Crippen LogP contribution in [0.2, 0.25) is 5.02 Å². The average molecular weight is 305 g/mol. The van der Waals surface area contributed by atoms with Crippen LogP contribution in [0.3, 0.4) is 0 Å². The highest BCUT2D eigenvalue weighted by Crippen LogP contribution is 2.23. The molecule has 0 fully saturated rings. The molecule has 0 saturated carbocycles. The summed E-state index contributed by atoms with van der Waals surface area (Å²) in [4.78, 5) is 3.65. The molecule has 0 saturated heterocycles. The van der Waals surface area contributed by atoms with Crippen LogP contribution >= 0.6 is 11.6 Å². The lowest BCUT2D eigenvalue weighted by Crippen LogP contribution is -2.27. The van der Waals surface area contributed by atoms with Crippen molar-refractivity contribution in [3.63, 3.8) is 0 Å². The Bertz CT molecular complexity index is 675. The highest BCUT2D eigenvalue weighted by molar-refractivity contribution is 7.89. The molecule has 0 aliphatic carbocycles. The van der Waals surface area contributed by atoms with E-state index >= 15 is 0 Å². The Morgan fingerprint density at radius 3 is 2.79 bits per heavy atom. The van der Waals surface area contributed by atoms with Crippen LogP contribution in [0.4, 0.5) is 4.39 Å². The van der Waals surface area contributed by atoms with Crippen molar-refractivity contribution in [3.05, 3.63) is 41.2 Å². The quantitative estimate of drug-likeness (QED) is 0.899. The van der Waals surface area contributed by atoms with Gasteiger partial charge in [-0.3, -0.25) is 5.10 Å². The molecule has 1 heterocycles. The molecule has 1 aromatic carbocycles. The molecule has 19 heavy (non-hydrogen) atoms. The molecule has 2 aromatic rings. The van der Waals surface area contributed by atoms with Crippen molar-refractivity contribution in [2.45, 2.75) is 17.9 Å². The lowest BCUT2D eigenvalue weighted by molar-refractivity contribution is 0.560. The monoisotopic (exact) mass is 304 g/mol. The summed E-state index contributed by atoms with van der Waals surface area (Å²) < 4.78 is 39.4. The second-order valence-corrected chi connectivity index (χ2v) is 5.88. The number of rotatable bonds is 4. The van der Waals surface area contributed by atoms with Gasteiger partial charge in [-0.2, -0.15) is 5.10 Å². The van der Waals surface area contributed by atoms with Crippen LogP contribution in [-0.2, 0) is 10.0 Å². The molecule has 6 nitrogen and oxygen atoms in total. The minimum Gasteiger partial charge on any atom is -0.262 e. The molecule has 1 aromatic heterocycles. The van der Waals surface area contributed by atoms with Gasteiger partial charge in [0.05, 0.1) is 11.1 Å². The Balaban J connectivity index is 2.28. The lowest BCUT2D eigenvalue weighted by Gasteiger charge is -2.12. The third-order valence-corrected chi connectivity index (χ3v) is 4.38. The van der Waals surface area contributed by atoms with E-state index in [0.717, 1.165) is 18.2 Å². The Morgan fingerprint density at radius 1 is 1.47 bits per heavy atom. The van der Waals surface area contributed by atoms with E-state index in [0.29, 0.717) is 5.82 Å². The summed E-state index contributed by atoms with van der Waals surface area (Å²) in [6, 6.07) is 2.45. The van der Waals surface area contributed by atoms with E-state index in [9.17, 15) is 12.8 Å². The summed E-state index contributed by atoms with van der Waals surface area (Å²) in [6.45, 7) is 1.59. The summed E-state index contributed by atoms with van der Waals surface area (Å²) >= 11 is 5.73. The predicted molar refractivity (Wildman–Crippen MR) is 66.5 cm³/mol. The van der Waals surface area contributed by atoms with Crippen LogP contribution < -0.4 is 4.72 Å². The topological polar surface area (TPSA) is 87.7 Å². The standard InChI is InChI=1S/C10H10ClFN4O2S/c1-6(10-13-5-14-15-10)16-19(17,18)9-3-2-7(12)4-8(9)11/h2-6,16H,1H3,(H,13,14,15). The van der Waals surface area contributed by atoms with Crippen LogP contribution in [0.1, 0.15) is 18.8 Å². The Labute approximate surface area is 114 Å². The number of aromatic nitrogens is 3. The summed E-state index contributed by atoms with van der Waals surface area (Å²) in [5.74, 6) is -0.242. The second kappa shape index (κ2) is 5.24. The van der Waals surface area contributed by atoms with Crippen molar-refractivity contribution < 1.29 is 12.8 Å². The predicted octanol–water partition coefficient (Wildman–Crippen LogP) is 1.64. The first kappa shape index (κ1) is 13.9. The summed E-state index contributed by atoms with van der Waals surface area (Å²) in [6.07, 6.45) is 1.27. The summed E-state index contributed by atoms with van der Waals surface area (Å²) in [7, 11) is -3.87. The molecule has 0 amide bonds. The molecule has 0 radical (unpaired) electrons. The van der Waals surface area contributed by atoms with Crippen molar-refractivity contribution in [1.82, 2.24) is 19.9 Å². The molecule has 9 heteroatoms. The van der Waals surface area contributed by atoms with Gasteiger partial charge in [-0.05, 0) is 25.1 Å². The van der Waals surface area contributed by atoms with Crippen LogP contribution in [0, 0.1) is 5.82 Å². The minimum atomic E-state index is -3.87. The Hall–Kier alpha value is -1.51. The Morgan fingerprint density at radius 2 is 2.21 bits per heavy atom. The smallest absolute Gasteiger partial charge is 0.242 e. The highest BCUT2D eigenvalue weighted by Gasteiger charge is 2.22. The normalized spacial score (nSPS) is 13.4. The molecular formula is C10H10ClFN4O2S. The maximum atomic E-state index is 12.9. The Kier molecular flexibility index (Phi) is 3.83. The number of H-pyrrole nitrogens is 1. The third-order valence-electron chi connectivity index (χ3n) is 2.36. The molecule has 0 aliphatic heterocycles. The van der Waals surface area contributed by atoms with Gasteiger partial charge in [-0.1, -0.05) is 11.6 Å². The lowest BCUT2D eigenvalue weighted by atomic mass is 10.3. The van der Waals surface area contributed by atoms with Gasteiger partial charge in [-0.15, -0.1) is 0 Å². The van der Waals surface area contributed by atoms with E-state index in [2.05, 4.69) is 19.9 Å². The number of hydrogen-bond acceptors (Lipinski definition) is 4. The van der Waals surface area contributed by atoms with Gasteiger partial charge >= 0.3 is 0 Å². The molecule has 1 unspecified atom stereocenters. The van der Waals surface area contributed by atoms with Crippen LogP contribution in [-0.4, -0.2) is 23.6 Å². The maximum Gasteiger partial charge on any atom is 0.242 e. The molecule has 0 spiro atoms. The van der Waals surface area contributed by atoms with Crippen LogP contribution in [0.15, 0.2) is 29.4 Å². The number of benzene rings is 1. The van der Waals surface area contributed by atoms with Gasteiger partial charge in [0.1, 0.15) is 22.9 Å². The number of nitrogens with one attached hydrogen (secondary N) is 2. The molecule has 0 aliphatic rings. The van der Waals surface area contributed by atoms with E-state index in [1.165, 1.54) is 6.33 Å². The fourth-order valence-electron chi connectivity index (χ4n) is 1.47. The molecule has 2 rings (SSSR count). The first-order valence-corrected chi connectivity index (χ1v) is 7.09. The van der Waals surface area contributed by atoms with Gasteiger partial charge in [0, 0.05) is 0 Å². The van der Waals surface area contributed by atoms with Gasteiger partial charge < -0.3 is 0 Å². The molecule has 0 bridgehead atoms. The minimum absolute atomic E-state index is 0.183. The van der Waals surface area contributed by atoms with Gasteiger partial charge in [0.2, 0.25) is 10.0 Å². The van der Waals surface area contributed by atoms with Crippen molar-refractivity contribution in [3.8, 4) is 0 Å². The fourth-order valence-corrected chi connectivity index (χ4v) is 3.21. The zero-order chi connectivity index (χ0) is 14.0. The molecule has 102 valence electrons. The second-order valence-electron chi connectivity index (χ2n) is 3.79. The van der Waals surface area contributed by atoms with Gasteiger partial charge in [0.15, 0.2) is 0 Å². The number of hydrogen-bond donors (Lipinski definition) is 2.